The van der Waals surface area contributed by atoms with E-state index in [0.29, 0.717) is 0 Å². The van der Waals surface area contributed by atoms with E-state index in [1.54, 1.807) is 0 Å². The Morgan fingerprint density at radius 1 is 1.36 bits per heavy atom. The topological polar surface area (TPSA) is 53.1 Å². The average molecular weight is 260 g/mol. The Balaban J connectivity index is 2.89. The van der Waals surface area contributed by atoms with Gasteiger partial charge in [0.15, 0.2) is 5.82 Å². The van der Waals surface area contributed by atoms with Crippen LogP contribution in [0.25, 0.3) is 0 Å². The Hall–Kier alpha value is -0.880. The minimum atomic E-state index is 0.751. The van der Waals surface area contributed by atoms with Crippen LogP contribution in [-0.4, -0.2) is 35.6 Å². The molecule has 6 heteroatoms. The minimum Gasteiger partial charge on any atom is -0.369 e. The zero-order valence-corrected chi connectivity index (χ0v) is 10.1. The number of nitrogens with one attached hydrogen (secondary N) is 2. The van der Waals surface area contributed by atoms with Crippen molar-refractivity contribution in [2.45, 2.75) is 6.92 Å². The van der Waals surface area contributed by atoms with E-state index in [2.05, 4.69) is 36.6 Å². The number of nitrogens with zero attached hydrogens (tertiary/aromatic N) is 3. The molecule has 0 atom stereocenters. The highest BCUT2D eigenvalue weighted by atomic mass is 79.9. The quantitative estimate of drug-likeness (QED) is 0.804. The summed E-state index contributed by atoms with van der Waals surface area (Å²) in [6.07, 6.45) is 1.52. The molecule has 0 unspecified atom stereocenters. The van der Waals surface area contributed by atoms with Crippen LogP contribution in [0.15, 0.2) is 10.8 Å². The van der Waals surface area contributed by atoms with Gasteiger partial charge in [0.05, 0.1) is 0 Å². The third-order valence-electron chi connectivity index (χ3n) is 1.46. The minimum absolute atomic E-state index is 0.751. The molecule has 0 bridgehead atoms. The summed E-state index contributed by atoms with van der Waals surface area (Å²) in [5.41, 5.74) is 3.07. The van der Waals surface area contributed by atoms with Gasteiger partial charge in [-0.05, 0) is 22.9 Å². The first-order valence-electron chi connectivity index (χ1n) is 4.33. The first-order chi connectivity index (χ1) is 6.65. The van der Waals surface area contributed by atoms with Gasteiger partial charge < -0.3 is 10.7 Å². The first-order valence-corrected chi connectivity index (χ1v) is 5.12. The van der Waals surface area contributed by atoms with Gasteiger partial charge >= 0.3 is 0 Å². The van der Waals surface area contributed by atoms with E-state index in [0.717, 1.165) is 22.7 Å². The zero-order valence-electron chi connectivity index (χ0n) is 8.50. The molecule has 0 aliphatic rings. The first kappa shape index (κ1) is 11.2. The Morgan fingerprint density at radius 3 is 2.57 bits per heavy atom. The normalized spacial score (nSPS) is 10.4. The van der Waals surface area contributed by atoms with Gasteiger partial charge in [0.1, 0.15) is 16.6 Å². The third-order valence-corrected chi connectivity index (χ3v) is 2.21. The highest BCUT2D eigenvalue weighted by molar-refractivity contribution is 9.10. The van der Waals surface area contributed by atoms with E-state index in [4.69, 9.17) is 0 Å². The van der Waals surface area contributed by atoms with E-state index < -0.39 is 0 Å². The molecule has 14 heavy (non-hydrogen) atoms. The largest absolute Gasteiger partial charge is 0.369 e. The van der Waals surface area contributed by atoms with Crippen molar-refractivity contribution >= 4 is 27.6 Å². The van der Waals surface area contributed by atoms with Crippen molar-refractivity contribution in [1.82, 2.24) is 15.0 Å². The maximum Gasteiger partial charge on any atom is 0.160 e. The maximum absolute atomic E-state index is 4.11. The lowest BCUT2D eigenvalue weighted by atomic mass is 10.5. The molecule has 1 aromatic heterocycles. The van der Waals surface area contributed by atoms with Gasteiger partial charge in [-0.25, -0.2) is 15.0 Å². The van der Waals surface area contributed by atoms with Gasteiger partial charge in [-0.3, -0.25) is 0 Å². The Morgan fingerprint density at radius 2 is 2.00 bits per heavy atom. The van der Waals surface area contributed by atoms with Crippen molar-refractivity contribution in [3.63, 3.8) is 0 Å². The number of hydrogen-bond acceptors (Lipinski definition) is 5. The molecule has 1 heterocycles. The fourth-order valence-electron chi connectivity index (χ4n) is 0.950. The van der Waals surface area contributed by atoms with Crippen LogP contribution in [-0.2, 0) is 0 Å². The third kappa shape index (κ3) is 2.81. The summed E-state index contributed by atoms with van der Waals surface area (Å²) in [6.45, 7) is 2.85. The molecule has 0 radical (unpaired) electrons. The van der Waals surface area contributed by atoms with Crippen LogP contribution in [0, 0.1) is 0 Å². The molecular formula is C8H14BrN5. The van der Waals surface area contributed by atoms with E-state index >= 15 is 0 Å². The van der Waals surface area contributed by atoms with Crippen molar-refractivity contribution in [2.24, 2.45) is 0 Å². The molecule has 0 amide bonds. The summed E-state index contributed by atoms with van der Waals surface area (Å²) in [5.74, 6) is 1.55. The molecule has 1 rings (SSSR count). The van der Waals surface area contributed by atoms with Crippen LogP contribution >= 0.6 is 15.9 Å². The summed E-state index contributed by atoms with van der Waals surface area (Å²) in [4.78, 5) is 8.22. The number of hydrazine groups is 1. The van der Waals surface area contributed by atoms with E-state index in [9.17, 15) is 0 Å². The van der Waals surface area contributed by atoms with Gasteiger partial charge in [0.25, 0.3) is 0 Å². The molecule has 0 fully saturated rings. The summed E-state index contributed by atoms with van der Waals surface area (Å²) in [7, 11) is 3.81. The van der Waals surface area contributed by atoms with Crippen LogP contribution in [0.5, 0.6) is 0 Å². The van der Waals surface area contributed by atoms with Crippen LogP contribution in [0.3, 0.4) is 0 Å². The predicted octanol–water partition coefficient (Wildman–Crippen LogP) is 1.56. The molecule has 1 aromatic rings. The lowest BCUT2D eigenvalue weighted by Crippen LogP contribution is -2.21. The number of rotatable bonds is 4. The van der Waals surface area contributed by atoms with Gasteiger partial charge in [-0.1, -0.05) is 0 Å². The SMILES string of the molecule is CCNc1ncnc(NN(C)C)c1Br. The summed E-state index contributed by atoms with van der Waals surface area (Å²) in [6, 6.07) is 0. The van der Waals surface area contributed by atoms with Crippen molar-refractivity contribution in [1.29, 1.82) is 0 Å². The zero-order chi connectivity index (χ0) is 10.6. The lowest BCUT2D eigenvalue weighted by Gasteiger charge is -2.15. The second-order valence-corrected chi connectivity index (χ2v) is 3.71. The van der Waals surface area contributed by atoms with E-state index in [-0.39, 0.29) is 0 Å². The predicted molar refractivity (Wildman–Crippen MR) is 61.2 cm³/mol. The fraction of sp³-hybridized carbons (Fsp3) is 0.500. The monoisotopic (exact) mass is 259 g/mol. The van der Waals surface area contributed by atoms with Gasteiger partial charge in [0.2, 0.25) is 0 Å². The molecule has 5 nitrogen and oxygen atoms in total. The maximum atomic E-state index is 4.11. The van der Waals surface area contributed by atoms with Crippen LogP contribution in [0.1, 0.15) is 6.92 Å². The van der Waals surface area contributed by atoms with Crippen molar-refractivity contribution in [3.8, 4) is 0 Å². The summed E-state index contributed by atoms with van der Waals surface area (Å²) >= 11 is 3.43. The Kier molecular flexibility index (Phi) is 4.09. The molecule has 0 saturated heterocycles. The number of anilines is 2. The molecule has 0 saturated carbocycles. The average Bonchev–Trinajstić information content (AvgIpc) is 2.11. The molecule has 0 aliphatic carbocycles. The molecule has 0 aliphatic heterocycles. The van der Waals surface area contributed by atoms with E-state index in [1.165, 1.54) is 6.33 Å². The molecule has 0 spiro atoms. The lowest BCUT2D eigenvalue weighted by molar-refractivity contribution is 0.491. The second-order valence-electron chi connectivity index (χ2n) is 2.92. The molecule has 78 valence electrons. The van der Waals surface area contributed by atoms with Gasteiger partial charge in [0, 0.05) is 20.6 Å². The van der Waals surface area contributed by atoms with Gasteiger partial charge in [-0.2, -0.15) is 0 Å². The highest BCUT2D eigenvalue weighted by Crippen LogP contribution is 2.26. The van der Waals surface area contributed by atoms with Crippen LogP contribution in [0.2, 0.25) is 0 Å². The molecular weight excluding hydrogens is 246 g/mol. The summed E-state index contributed by atoms with van der Waals surface area (Å²) in [5, 5.41) is 4.96. The molecule has 0 aromatic carbocycles. The van der Waals surface area contributed by atoms with Crippen molar-refractivity contribution in [2.75, 3.05) is 31.4 Å². The second kappa shape index (κ2) is 5.11. The van der Waals surface area contributed by atoms with Gasteiger partial charge in [-0.15, -0.1) is 0 Å². The van der Waals surface area contributed by atoms with Crippen molar-refractivity contribution in [3.05, 3.63) is 10.8 Å². The van der Waals surface area contributed by atoms with Crippen molar-refractivity contribution < 1.29 is 0 Å². The fourth-order valence-corrected chi connectivity index (χ4v) is 1.38. The molecule has 2 N–H and O–H groups in total. The Labute approximate surface area is 92.0 Å². The Bertz CT molecular complexity index is 302. The standard InChI is InChI=1S/C8H14BrN5/c1-4-10-7-6(9)8(12-5-11-7)13-14(2)3/h5H,4H2,1-3H3,(H2,10,11,12,13). The summed E-state index contributed by atoms with van der Waals surface area (Å²) < 4.78 is 0.843. The number of hydrogen-bond donors (Lipinski definition) is 2. The smallest absolute Gasteiger partial charge is 0.160 e. The number of halogens is 1. The number of aromatic nitrogens is 2. The van der Waals surface area contributed by atoms with Crippen LogP contribution in [0.4, 0.5) is 11.6 Å². The highest BCUT2D eigenvalue weighted by Gasteiger charge is 2.07. The van der Waals surface area contributed by atoms with E-state index in [1.807, 2.05) is 26.0 Å². The van der Waals surface area contributed by atoms with Crippen LogP contribution < -0.4 is 10.7 Å².